The Morgan fingerprint density at radius 1 is 1.50 bits per heavy atom. The molecule has 0 saturated carbocycles. The first-order chi connectivity index (χ1) is 8.58. The van der Waals surface area contributed by atoms with E-state index in [4.69, 9.17) is 4.74 Å². The predicted molar refractivity (Wildman–Crippen MR) is 69.5 cm³/mol. The second-order valence-electron chi connectivity index (χ2n) is 3.79. The third-order valence-corrected chi connectivity index (χ3v) is 2.98. The zero-order valence-corrected chi connectivity index (χ0v) is 11.6. The molecule has 0 amide bonds. The van der Waals surface area contributed by atoms with Gasteiger partial charge in [-0.1, -0.05) is 15.9 Å². The van der Waals surface area contributed by atoms with Crippen molar-refractivity contribution in [3.8, 4) is 5.75 Å². The number of nitrogens with zero attached hydrogens (tertiary/aromatic N) is 3. The summed E-state index contributed by atoms with van der Waals surface area (Å²) < 4.78 is 8.12. The van der Waals surface area contributed by atoms with Gasteiger partial charge in [-0.2, -0.15) is 5.10 Å². The molecule has 0 aliphatic rings. The van der Waals surface area contributed by atoms with E-state index in [9.17, 15) is 4.79 Å². The van der Waals surface area contributed by atoms with Crippen LogP contribution in [-0.4, -0.2) is 20.5 Å². The molecule has 1 aromatic carbocycles. The summed E-state index contributed by atoms with van der Waals surface area (Å²) in [5.41, 5.74) is 0.556. The quantitative estimate of drug-likeness (QED) is 0.814. The third kappa shape index (κ3) is 2.76. The topological polar surface area (TPSA) is 57.0 Å². The number of ether oxygens (including phenoxy) is 1. The number of carbonyl (C=O) groups is 1. The van der Waals surface area contributed by atoms with E-state index in [1.54, 1.807) is 23.9 Å². The Bertz CT molecular complexity index is 580. The van der Waals surface area contributed by atoms with E-state index < -0.39 is 0 Å². The Kier molecular flexibility index (Phi) is 3.76. The zero-order valence-electron chi connectivity index (χ0n) is 10.1. The molecule has 5 nitrogen and oxygen atoms in total. The van der Waals surface area contributed by atoms with E-state index in [0.29, 0.717) is 17.1 Å². The minimum Gasteiger partial charge on any atom is -0.485 e. The van der Waals surface area contributed by atoms with Crippen molar-refractivity contribution in [2.45, 2.75) is 13.5 Å². The van der Waals surface area contributed by atoms with Crippen molar-refractivity contribution in [1.82, 2.24) is 14.8 Å². The molecular weight excluding hydrogens is 298 g/mol. The fourth-order valence-corrected chi connectivity index (χ4v) is 1.84. The van der Waals surface area contributed by atoms with Crippen molar-refractivity contribution in [2.75, 3.05) is 0 Å². The summed E-state index contributed by atoms with van der Waals surface area (Å²) in [6.45, 7) is 1.78. The molecule has 1 heterocycles. The number of aromatic nitrogens is 3. The molecule has 2 aromatic rings. The minimum absolute atomic E-state index is 0.0320. The Balaban J connectivity index is 2.20. The van der Waals surface area contributed by atoms with Crippen LogP contribution in [0.1, 0.15) is 23.1 Å². The highest BCUT2D eigenvalue weighted by atomic mass is 79.9. The fraction of sp³-hybridized carbons (Fsp3) is 0.250. The number of hydrogen-bond acceptors (Lipinski definition) is 4. The van der Waals surface area contributed by atoms with Gasteiger partial charge >= 0.3 is 0 Å². The lowest BCUT2D eigenvalue weighted by Crippen LogP contribution is -2.06. The van der Waals surface area contributed by atoms with E-state index in [2.05, 4.69) is 26.0 Å². The molecule has 0 unspecified atom stereocenters. The number of aryl methyl sites for hydroxylation is 1. The lowest BCUT2D eigenvalue weighted by atomic mass is 10.1. The second-order valence-corrected chi connectivity index (χ2v) is 4.70. The van der Waals surface area contributed by atoms with Crippen LogP contribution in [0, 0.1) is 0 Å². The van der Waals surface area contributed by atoms with Crippen molar-refractivity contribution >= 4 is 21.7 Å². The van der Waals surface area contributed by atoms with Crippen LogP contribution in [-0.2, 0) is 13.7 Å². The van der Waals surface area contributed by atoms with Gasteiger partial charge in [0.2, 0.25) is 0 Å². The summed E-state index contributed by atoms with van der Waals surface area (Å²) in [7, 11) is 1.79. The number of halogens is 1. The molecule has 0 fully saturated rings. The first kappa shape index (κ1) is 12.8. The highest BCUT2D eigenvalue weighted by Gasteiger charge is 2.10. The highest BCUT2D eigenvalue weighted by Crippen LogP contribution is 2.24. The Morgan fingerprint density at radius 2 is 2.28 bits per heavy atom. The van der Waals surface area contributed by atoms with Crippen molar-refractivity contribution in [3.05, 3.63) is 40.4 Å². The lowest BCUT2D eigenvalue weighted by Gasteiger charge is -2.09. The average Bonchev–Trinajstić information content (AvgIpc) is 2.72. The van der Waals surface area contributed by atoms with E-state index in [0.717, 1.165) is 4.47 Å². The standard InChI is InChI=1S/C12H12BrN3O2/c1-8(17)10-4-3-9(13)5-11(10)18-6-12-14-7-15-16(12)2/h3-5,7H,6H2,1-2H3. The summed E-state index contributed by atoms with van der Waals surface area (Å²) in [5.74, 6) is 1.21. The number of ketones is 1. The maximum atomic E-state index is 11.5. The molecule has 0 aliphatic heterocycles. The summed E-state index contributed by atoms with van der Waals surface area (Å²) >= 11 is 3.35. The maximum Gasteiger partial charge on any atom is 0.164 e. The van der Waals surface area contributed by atoms with E-state index in [1.165, 1.54) is 13.3 Å². The largest absolute Gasteiger partial charge is 0.485 e. The molecule has 0 N–H and O–H groups in total. The zero-order chi connectivity index (χ0) is 13.1. The highest BCUT2D eigenvalue weighted by molar-refractivity contribution is 9.10. The third-order valence-electron chi connectivity index (χ3n) is 2.48. The molecule has 0 atom stereocenters. The van der Waals surface area contributed by atoms with Gasteiger partial charge < -0.3 is 4.74 Å². The van der Waals surface area contributed by atoms with Crippen molar-refractivity contribution in [1.29, 1.82) is 0 Å². The molecule has 0 saturated heterocycles. The van der Waals surface area contributed by atoms with Gasteiger partial charge in [0.1, 0.15) is 18.7 Å². The number of carbonyl (C=O) groups excluding carboxylic acids is 1. The van der Waals surface area contributed by atoms with Gasteiger partial charge in [-0.05, 0) is 25.1 Å². The lowest BCUT2D eigenvalue weighted by molar-refractivity contribution is 0.101. The molecule has 0 aliphatic carbocycles. The Morgan fingerprint density at radius 3 is 2.89 bits per heavy atom. The fourth-order valence-electron chi connectivity index (χ4n) is 1.50. The average molecular weight is 310 g/mol. The van der Waals surface area contributed by atoms with E-state index in [-0.39, 0.29) is 12.4 Å². The molecule has 0 spiro atoms. The molecular formula is C12H12BrN3O2. The number of hydrogen-bond donors (Lipinski definition) is 0. The summed E-state index contributed by atoms with van der Waals surface area (Å²) in [5, 5.41) is 3.95. The molecule has 6 heteroatoms. The molecule has 0 radical (unpaired) electrons. The number of rotatable bonds is 4. The molecule has 0 bridgehead atoms. The van der Waals surface area contributed by atoms with Crippen LogP contribution < -0.4 is 4.74 Å². The van der Waals surface area contributed by atoms with Crippen LogP contribution >= 0.6 is 15.9 Å². The molecule has 18 heavy (non-hydrogen) atoms. The predicted octanol–water partition coefficient (Wildman–Crippen LogP) is 2.36. The molecule has 94 valence electrons. The van der Waals surface area contributed by atoms with Gasteiger partial charge in [-0.25, -0.2) is 4.98 Å². The number of benzene rings is 1. The minimum atomic E-state index is -0.0320. The van der Waals surface area contributed by atoms with Gasteiger partial charge in [0.25, 0.3) is 0 Å². The maximum absolute atomic E-state index is 11.5. The van der Waals surface area contributed by atoms with Crippen molar-refractivity contribution in [3.63, 3.8) is 0 Å². The van der Waals surface area contributed by atoms with Crippen molar-refractivity contribution in [2.24, 2.45) is 7.05 Å². The van der Waals surface area contributed by atoms with E-state index in [1.807, 2.05) is 6.07 Å². The second kappa shape index (κ2) is 5.30. The Labute approximate surface area is 113 Å². The van der Waals surface area contributed by atoms with Crippen LogP contribution in [0.2, 0.25) is 0 Å². The first-order valence-corrected chi connectivity index (χ1v) is 6.13. The van der Waals surface area contributed by atoms with Gasteiger partial charge in [-0.15, -0.1) is 0 Å². The molecule has 2 rings (SSSR count). The van der Waals surface area contributed by atoms with Crippen LogP contribution in [0.15, 0.2) is 29.0 Å². The normalized spacial score (nSPS) is 10.4. The SMILES string of the molecule is CC(=O)c1ccc(Br)cc1OCc1ncnn1C. The summed E-state index contributed by atoms with van der Waals surface area (Å²) in [6.07, 6.45) is 1.46. The molecule has 1 aromatic heterocycles. The van der Waals surface area contributed by atoms with Crippen LogP contribution in [0.4, 0.5) is 0 Å². The van der Waals surface area contributed by atoms with Crippen LogP contribution in [0.25, 0.3) is 0 Å². The van der Waals surface area contributed by atoms with Gasteiger partial charge in [0.15, 0.2) is 11.6 Å². The van der Waals surface area contributed by atoms with Gasteiger partial charge in [0.05, 0.1) is 5.56 Å². The van der Waals surface area contributed by atoms with E-state index >= 15 is 0 Å². The first-order valence-electron chi connectivity index (χ1n) is 5.34. The monoisotopic (exact) mass is 309 g/mol. The Hall–Kier alpha value is -1.69. The summed E-state index contributed by atoms with van der Waals surface area (Å²) in [6, 6.07) is 5.32. The number of Topliss-reactive ketones (excluding diaryl/α,β-unsaturated/α-hetero) is 1. The van der Waals surface area contributed by atoms with Crippen molar-refractivity contribution < 1.29 is 9.53 Å². The summed E-state index contributed by atoms with van der Waals surface area (Å²) in [4.78, 5) is 15.5. The smallest absolute Gasteiger partial charge is 0.164 e. The van der Waals surface area contributed by atoms with Crippen LogP contribution in [0.3, 0.4) is 0 Å². The van der Waals surface area contributed by atoms with Crippen LogP contribution in [0.5, 0.6) is 5.75 Å². The van der Waals surface area contributed by atoms with Gasteiger partial charge in [0, 0.05) is 11.5 Å². The van der Waals surface area contributed by atoms with Gasteiger partial charge in [-0.3, -0.25) is 9.48 Å².